The van der Waals surface area contributed by atoms with E-state index in [1.165, 1.54) is 57.4 Å². The molecule has 0 fully saturated rings. The molecule has 0 aliphatic rings. The normalized spacial score (nSPS) is 11.7. The van der Waals surface area contributed by atoms with Gasteiger partial charge < -0.3 is 0 Å². The van der Waals surface area contributed by atoms with Gasteiger partial charge in [0.05, 0.1) is 4.90 Å². The summed E-state index contributed by atoms with van der Waals surface area (Å²) >= 11 is 0. The molecular formula is C25H36O3S. The van der Waals surface area contributed by atoms with E-state index in [2.05, 4.69) is 6.92 Å². The summed E-state index contributed by atoms with van der Waals surface area (Å²) in [6, 6.07) is 15.3. The Morgan fingerprint density at radius 3 is 1.90 bits per heavy atom. The van der Waals surface area contributed by atoms with E-state index in [1.807, 2.05) is 36.4 Å². The van der Waals surface area contributed by atoms with Crippen LogP contribution >= 0.6 is 0 Å². The van der Waals surface area contributed by atoms with E-state index < -0.39 is 10.1 Å². The molecule has 4 heteroatoms. The lowest BCUT2D eigenvalue weighted by atomic mass is 9.95. The van der Waals surface area contributed by atoms with Gasteiger partial charge in [-0.15, -0.1) is 0 Å². The van der Waals surface area contributed by atoms with Crippen LogP contribution in [0.15, 0.2) is 53.4 Å². The molecule has 0 aliphatic carbocycles. The maximum Gasteiger partial charge on any atom is 0.294 e. The van der Waals surface area contributed by atoms with E-state index in [4.69, 9.17) is 0 Å². The smallest absolute Gasteiger partial charge is 0.282 e. The summed E-state index contributed by atoms with van der Waals surface area (Å²) in [6.45, 7) is 2.24. The molecule has 0 aliphatic heterocycles. The summed E-state index contributed by atoms with van der Waals surface area (Å²) in [5.41, 5.74) is 2.91. The maximum absolute atomic E-state index is 11.9. The second-order valence-electron chi connectivity index (χ2n) is 7.96. The molecule has 0 saturated heterocycles. The Labute approximate surface area is 177 Å². The Kier molecular flexibility index (Phi) is 10.4. The van der Waals surface area contributed by atoms with Crippen molar-refractivity contribution < 1.29 is 13.0 Å². The molecule has 29 heavy (non-hydrogen) atoms. The second kappa shape index (κ2) is 12.8. The number of unbranched alkanes of at least 4 members (excludes halogenated alkanes) is 9. The zero-order chi connectivity index (χ0) is 21.0. The summed E-state index contributed by atoms with van der Waals surface area (Å²) in [7, 11) is -4.21. The van der Waals surface area contributed by atoms with Crippen molar-refractivity contribution >= 4 is 10.1 Å². The molecule has 0 amide bonds. The average molecular weight is 417 g/mol. The van der Waals surface area contributed by atoms with Gasteiger partial charge in [-0.25, -0.2) is 0 Å². The predicted octanol–water partition coefficient (Wildman–Crippen LogP) is 6.99. The van der Waals surface area contributed by atoms with Gasteiger partial charge in [0.15, 0.2) is 0 Å². The summed E-state index contributed by atoms with van der Waals surface area (Å²) in [6.07, 6.45) is 13.8. The van der Waals surface area contributed by atoms with Gasteiger partial charge in [-0.2, -0.15) is 8.42 Å². The van der Waals surface area contributed by atoms with Crippen molar-refractivity contribution in [2.75, 3.05) is 0 Å². The van der Waals surface area contributed by atoms with Crippen molar-refractivity contribution in [3.8, 4) is 0 Å². The molecule has 0 radical (unpaired) electrons. The van der Waals surface area contributed by atoms with Crippen molar-refractivity contribution in [3.05, 3.63) is 65.2 Å². The Balaban J connectivity index is 1.90. The van der Waals surface area contributed by atoms with Gasteiger partial charge in [0.1, 0.15) is 0 Å². The summed E-state index contributed by atoms with van der Waals surface area (Å²) in [5.74, 6) is 0. The molecule has 1 N–H and O–H groups in total. The molecule has 2 aromatic carbocycles. The molecule has 2 rings (SSSR count). The standard InChI is InChI=1S/C25H36O3S/c1-2-3-4-5-6-7-8-9-10-14-19-24-23(21-22-16-12-11-13-17-22)18-15-20-25(24)29(26,27)28/h11-13,15-18,20H,2-10,14,19,21H2,1H3,(H,26,27,28). The maximum atomic E-state index is 11.9. The third-order valence-corrected chi connectivity index (χ3v) is 6.46. The van der Waals surface area contributed by atoms with Crippen LogP contribution in [-0.4, -0.2) is 13.0 Å². The van der Waals surface area contributed by atoms with Crippen LogP contribution in [0.25, 0.3) is 0 Å². The first-order valence-corrected chi connectivity index (χ1v) is 12.6. The van der Waals surface area contributed by atoms with Gasteiger partial charge in [0, 0.05) is 0 Å². The quantitative estimate of drug-likeness (QED) is 0.267. The number of hydrogen-bond acceptors (Lipinski definition) is 2. The lowest BCUT2D eigenvalue weighted by Gasteiger charge is -2.14. The fourth-order valence-electron chi connectivity index (χ4n) is 3.91. The van der Waals surface area contributed by atoms with Gasteiger partial charge in [-0.05, 0) is 42.0 Å². The lowest BCUT2D eigenvalue weighted by molar-refractivity contribution is 0.481. The van der Waals surface area contributed by atoms with E-state index in [0.29, 0.717) is 12.8 Å². The van der Waals surface area contributed by atoms with Crippen LogP contribution in [0.5, 0.6) is 0 Å². The Hall–Kier alpha value is -1.65. The van der Waals surface area contributed by atoms with Crippen molar-refractivity contribution in [3.63, 3.8) is 0 Å². The van der Waals surface area contributed by atoms with Crippen LogP contribution in [0.1, 0.15) is 87.8 Å². The minimum Gasteiger partial charge on any atom is -0.282 e. The highest BCUT2D eigenvalue weighted by molar-refractivity contribution is 7.85. The monoisotopic (exact) mass is 416 g/mol. The summed E-state index contributed by atoms with van der Waals surface area (Å²) in [4.78, 5) is 0.0712. The predicted molar refractivity (Wildman–Crippen MR) is 121 cm³/mol. The average Bonchev–Trinajstić information content (AvgIpc) is 2.70. The molecule has 0 heterocycles. The van der Waals surface area contributed by atoms with Gasteiger partial charge in [0.2, 0.25) is 0 Å². The number of rotatable bonds is 14. The molecule has 0 unspecified atom stereocenters. The molecule has 2 aromatic rings. The Morgan fingerprint density at radius 2 is 1.31 bits per heavy atom. The zero-order valence-electron chi connectivity index (χ0n) is 17.8. The van der Waals surface area contributed by atoms with E-state index in [9.17, 15) is 13.0 Å². The van der Waals surface area contributed by atoms with Crippen molar-refractivity contribution in [1.82, 2.24) is 0 Å². The van der Waals surface area contributed by atoms with Crippen LogP contribution in [-0.2, 0) is 23.0 Å². The third-order valence-electron chi connectivity index (χ3n) is 5.53. The second-order valence-corrected chi connectivity index (χ2v) is 9.35. The van der Waals surface area contributed by atoms with Gasteiger partial charge in [-0.3, -0.25) is 4.55 Å². The largest absolute Gasteiger partial charge is 0.294 e. The van der Waals surface area contributed by atoms with E-state index >= 15 is 0 Å². The number of hydrogen-bond donors (Lipinski definition) is 1. The molecule has 0 spiro atoms. The topological polar surface area (TPSA) is 54.4 Å². The van der Waals surface area contributed by atoms with Gasteiger partial charge >= 0.3 is 0 Å². The van der Waals surface area contributed by atoms with Crippen LogP contribution in [0.4, 0.5) is 0 Å². The minimum absolute atomic E-state index is 0.0712. The SMILES string of the molecule is CCCCCCCCCCCCc1c(Cc2ccccc2)cccc1S(=O)(=O)O. The highest BCUT2D eigenvalue weighted by atomic mass is 32.2. The van der Waals surface area contributed by atoms with E-state index in [1.54, 1.807) is 6.07 Å². The molecular weight excluding hydrogens is 380 g/mol. The molecule has 0 bridgehead atoms. The minimum atomic E-state index is -4.21. The van der Waals surface area contributed by atoms with Crippen molar-refractivity contribution in [2.45, 2.75) is 88.9 Å². The van der Waals surface area contributed by atoms with Crippen molar-refractivity contribution in [1.29, 1.82) is 0 Å². The molecule has 3 nitrogen and oxygen atoms in total. The van der Waals surface area contributed by atoms with Crippen LogP contribution < -0.4 is 0 Å². The van der Waals surface area contributed by atoms with E-state index in [0.717, 1.165) is 29.5 Å². The fraction of sp³-hybridized carbons (Fsp3) is 0.520. The fourth-order valence-corrected chi connectivity index (χ4v) is 4.70. The Morgan fingerprint density at radius 1 is 0.724 bits per heavy atom. The molecule has 0 saturated carbocycles. The van der Waals surface area contributed by atoms with Crippen LogP contribution in [0.2, 0.25) is 0 Å². The zero-order valence-corrected chi connectivity index (χ0v) is 18.6. The highest BCUT2D eigenvalue weighted by Gasteiger charge is 2.18. The first kappa shape index (κ1) is 23.6. The van der Waals surface area contributed by atoms with Crippen LogP contribution in [0.3, 0.4) is 0 Å². The van der Waals surface area contributed by atoms with Crippen molar-refractivity contribution in [2.24, 2.45) is 0 Å². The van der Waals surface area contributed by atoms with Crippen LogP contribution in [0, 0.1) is 0 Å². The van der Waals surface area contributed by atoms with Gasteiger partial charge in [0.25, 0.3) is 10.1 Å². The number of benzene rings is 2. The first-order valence-electron chi connectivity index (χ1n) is 11.1. The molecule has 160 valence electrons. The molecule has 0 aromatic heterocycles. The summed E-state index contributed by atoms with van der Waals surface area (Å²) < 4.78 is 33.5. The lowest BCUT2D eigenvalue weighted by Crippen LogP contribution is -2.07. The Bertz CT molecular complexity index is 813. The summed E-state index contributed by atoms with van der Waals surface area (Å²) in [5, 5.41) is 0. The third kappa shape index (κ3) is 8.71. The molecule has 0 atom stereocenters. The van der Waals surface area contributed by atoms with E-state index in [-0.39, 0.29) is 4.90 Å². The highest BCUT2D eigenvalue weighted by Crippen LogP contribution is 2.25. The first-order chi connectivity index (χ1) is 14.0. The van der Waals surface area contributed by atoms with Gasteiger partial charge in [-0.1, -0.05) is 107 Å².